The predicted molar refractivity (Wildman–Crippen MR) is 61.6 cm³/mol. The quantitative estimate of drug-likeness (QED) is 0.844. The number of hydrogen-bond donors (Lipinski definition) is 1. The number of rotatable bonds is 2. The first-order valence-corrected chi connectivity index (χ1v) is 6.56. The molecule has 17 heavy (non-hydrogen) atoms. The molecule has 0 bridgehead atoms. The van der Waals surface area contributed by atoms with Crippen LogP contribution in [0.4, 0.5) is 0 Å². The Bertz CT molecular complexity index is 385. The van der Waals surface area contributed by atoms with E-state index in [0.717, 1.165) is 50.4 Å². The Kier molecular flexibility index (Phi) is 3.11. The SMILES string of the molecule is OCC1CCCc2nnc(C3CCCCO3)n21. The molecule has 1 aromatic heterocycles. The van der Waals surface area contributed by atoms with Gasteiger partial charge in [-0.25, -0.2) is 0 Å². The second-order valence-electron chi connectivity index (χ2n) is 4.93. The van der Waals surface area contributed by atoms with Gasteiger partial charge >= 0.3 is 0 Å². The summed E-state index contributed by atoms with van der Waals surface area (Å²) in [6, 6.07) is 0.147. The van der Waals surface area contributed by atoms with Gasteiger partial charge in [0.05, 0.1) is 12.6 Å². The van der Waals surface area contributed by atoms with Gasteiger partial charge in [0.25, 0.3) is 0 Å². The lowest BCUT2D eigenvalue weighted by molar-refractivity contribution is 0.00489. The van der Waals surface area contributed by atoms with Gasteiger partial charge in [0.1, 0.15) is 11.9 Å². The van der Waals surface area contributed by atoms with Gasteiger partial charge in [0.15, 0.2) is 5.82 Å². The van der Waals surface area contributed by atoms with Crippen molar-refractivity contribution in [2.24, 2.45) is 0 Å². The molecule has 2 aliphatic heterocycles. The van der Waals surface area contributed by atoms with E-state index in [1.807, 2.05) is 0 Å². The third-order valence-electron chi connectivity index (χ3n) is 3.77. The van der Waals surface area contributed by atoms with E-state index in [4.69, 9.17) is 4.74 Å². The summed E-state index contributed by atoms with van der Waals surface area (Å²) in [6.07, 6.45) is 6.51. The highest BCUT2D eigenvalue weighted by Gasteiger charge is 2.29. The molecule has 2 unspecified atom stereocenters. The number of fused-ring (bicyclic) bond motifs is 1. The second kappa shape index (κ2) is 4.74. The van der Waals surface area contributed by atoms with Gasteiger partial charge in [-0.3, -0.25) is 0 Å². The van der Waals surface area contributed by atoms with Crippen LogP contribution in [0.1, 0.15) is 55.9 Å². The van der Waals surface area contributed by atoms with Gasteiger partial charge in [0.2, 0.25) is 0 Å². The summed E-state index contributed by atoms with van der Waals surface area (Å²) in [5.41, 5.74) is 0. The summed E-state index contributed by atoms with van der Waals surface area (Å²) in [7, 11) is 0. The van der Waals surface area contributed by atoms with Crippen molar-refractivity contribution >= 4 is 0 Å². The van der Waals surface area contributed by atoms with Crippen LogP contribution in [-0.4, -0.2) is 33.1 Å². The van der Waals surface area contributed by atoms with Crippen LogP contribution < -0.4 is 0 Å². The van der Waals surface area contributed by atoms with Crippen LogP contribution in [0.3, 0.4) is 0 Å². The topological polar surface area (TPSA) is 60.2 Å². The van der Waals surface area contributed by atoms with Gasteiger partial charge in [-0.15, -0.1) is 10.2 Å². The third-order valence-corrected chi connectivity index (χ3v) is 3.77. The maximum absolute atomic E-state index is 9.46. The van der Waals surface area contributed by atoms with Crippen LogP contribution in [-0.2, 0) is 11.2 Å². The van der Waals surface area contributed by atoms with Gasteiger partial charge in [0, 0.05) is 13.0 Å². The summed E-state index contributed by atoms with van der Waals surface area (Å²) >= 11 is 0. The van der Waals surface area contributed by atoms with Crippen LogP contribution >= 0.6 is 0 Å². The molecule has 0 aliphatic carbocycles. The molecule has 1 fully saturated rings. The van der Waals surface area contributed by atoms with Gasteiger partial charge < -0.3 is 14.4 Å². The van der Waals surface area contributed by atoms with E-state index < -0.39 is 0 Å². The number of aromatic nitrogens is 3. The van der Waals surface area contributed by atoms with E-state index >= 15 is 0 Å². The van der Waals surface area contributed by atoms with E-state index in [0.29, 0.717) is 0 Å². The normalized spacial score (nSPS) is 29.0. The summed E-state index contributed by atoms with van der Waals surface area (Å²) in [5, 5.41) is 18.0. The number of aliphatic hydroxyl groups excluding tert-OH is 1. The molecule has 0 amide bonds. The van der Waals surface area contributed by atoms with Crippen molar-refractivity contribution in [1.29, 1.82) is 0 Å². The lowest BCUT2D eigenvalue weighted by Gasteiger charge is -2.28. The lowest BCUT2D eigenvalue weighted by atomic mass is 10.0. The molecule has 3 rings (SSSR count). The first kappa shape index (κ1) is 11.2. The van der Waals surface area contributed by atoms with Crippen molar-refractivity contribution in [3.63, 3.8) is 0 Å². The largest absolute Gasteiger partial charge is 0.394 e. The zero-order chi connectivity index (χ0) is 11.7. The smallest absolute Gasteiger partial charge is 0.162 e. The molecule has 3 heterocycles. The minimum atomic E-state index is 0.0807. The monoisotopic (exact) mass is 237 g/mol. The highest BCUT2D eigenvalue weighted by Crippen LogP contribution is 2.32. The predicted octanol–water partition coefficient (Wildman–Crippen LogP) is 1.39. The van der Waals surface area contributed by atoms with Crippen molar-refractivity contribution in [1.82, 2.24) is 14.8 Å². The molecule has 0 spiro atoms. The molecule has 2 aliphatic rings. The van der Waals surface area contributed by atoms with Crippen molar-refractivity contribution in [2.45, 2.75) is 50.7 Å². The van der Waals surface area contributed by atoms with Crippen molar-refractivity contribution in [3.05, 3.63) is 11.6 Å². The van der Waals surface area contributed by atoms with Gasteiger partial charge in [-0.05, 0) is 32.1 Å². The Morgan fingerprint density at radius 3 is 2.94 bits per heavy atom. The summed E-state index contributed by atoms with van der Waals surface area (Å²) in [6.45, 7) is 0.988. The maximum atomic E-state index is 9.46. The fraction of sp³-hybridized carbons (Fsp3) is 0.833. The molecule has 94 valence electrons. The molecule has 1 aromatic rings. The molecule has 5 nitrogen and oxygen atoms in total. The molecule has 0 radical (unpaired) electrons. The molecule has 0 saturated carbocycles. The second-order valence-corrected chi connectivity index (χ2v) is 4.93. The Morgan fingerprint density at radius 2 is 2.18 bits per heavy atom. The molecule has 5 heteroatoms. The van der Waals surface area contributed by atoms with E-state index in [1.54, 1.807) is 0 Å². The average molecular weight is 237 g/mol. The van der Waals surface area contributed by atoms with E-state index in [-0.39, 0.29) is 18.8 Å². The Balaban J connectivity index is 1.91. The van der Waals surface area contributed by atoms with Crippen LogP contribution in [0.5, 0.6) is 0 Å². The number of aryl methyl sites for hydroxylation is 1. The highest BCUT2D eigenvalue weighted by atomic mass is 16.5. The minimum Gasteiger partial charge on any atom is -0.394 e. The number of aliphatic hydroxyl groups is 1. The zero-order valence-electron chi connectivity index (χ0n) is 10.0. The lowest BCUT2D eigenvalue weighted by Crippen LogP contribution is -2.25. The van der Waals surface area contributed by atoms with E-state index in [1.165, 1.54) is 6.42 Å². The number of ether oxygens (including phenoxy) is 1. The summed E-state index contributed by atoms with van der Waals surface area (Å²) in [5.74, 6) is 1.94. The van der Waals surface area contributed by atoms with E-state index in [2.05, 4.69) is 14.8 Å². The minimum absolute atomic E-state index is 0.0807. The third kappa shape index (κ3) is 1.98. The maximum Gasteiger partial charge on any atom is 0.162 e. The average Bonchev–Trinajstić information content (AvgIpc) is 2.83. The van der Waals surface area contributed by atoms with Crippen LogP contribution in [0.2, 0.25) is 0 Å². The first-order valence-electron chi connectivity index (χ1n) is 6.56. The number of nitrogens with zero attached hydrogens (tertiary/aromatic N) is 3. The molecular weight excluding hydrogens is 218 g/mol. The molecular formula is C12H19N3O2. The molecule has 1 saturated heterocycles. The molecule has 1 N–H and O–H groups in total. The van der Waals surface area contributed by atoms with Crippen LogP contribution in [0.15, 0.2) is 0 Å². The fourth-order valence-electron chi connectivity index (χ4n) is 2.87. The summed E-state index contributed by atoms with van der Waals surface area (Å²) in [4.78, 5) is 0. The van der Waals surface area contributed by atoms with Crippen LogP contribution in [0, 0.1) is 0 Å². The molecule has 0 aromatic carbocycles. The van der Waals surface area contributed by atoms with Gasteiger partial charge in [-0.1, -0.05) is 0 Å². The van der Waals surface area contributed by atoms with Crippen molar-refractivity contribution in [2.75, 3.05) is 13.2 Å². The zero-order valence-corrected chi connectivity index (χ0v) is 10.0. The Morgan fingerprint density at radius 1 is 1.24 bits per heavy atom. The standard InChI is InChI=1S/C12H19N3O2/c16-8-9-4-3-6-11-13-14-12(15(9)11)10-5-1-2-7-17-10/h9-10,16H,1-8H2. The summed E-state index contributed by atoms with van der Waals surface area (Å²) < 4.78 is 7.90. The Labute approximate surface area is 101 Å². The molecule has 2 atom stereocenters. The van der Waals surface area contributed by atoms with Crippen molar-refractivity contribution < 1.29 is 9.84 Å². The Hall–Kier alpha value is -0.940. The van der Waals surface area contributed by atoms with Crippen LogP contribution in [0.25, 0.3) is 0 Å². The first-order chi connectivity index (χ1) is 8.40. The van der Waals surface area contributed by atoms with Gasteiger partial charge in [-0.2, -0.15) is 0 Å². The van der Waals surface area contributed by atoms with E-state index in [9.17, 15) is 5.11 Å². The number of hydrogen-bond acceptors (Lipinski definition) is 4. The fourth-order valence-corrected chi connectivity index (χ4v) is 2.87. The highest BCUT2D eigenvalue weighted by molar-refractivity contribution is 5.05. The van der Waals surface area contributed by atoms with Crippen molar-refractivity contribution in [3.8, 4) is 0 Å².